The molecule has 0 fully saturated rings. The van der Waals surface area contributed by atoms with E-state index in [1.165, 1.54) is 13.0 Å². The maximum absolute atomic E-state index is 13.2. The van der Waals surface area contributed by atoms with E-state index in [0.717, 1.165) is 0 Å². The van der Waals surface area contributed by atoms with Gasteiger partial charge in [-0.25, -0.2) is 8.78 Å². The van der Waals surface area contributed by atoms with E-state index in [2.05, 4.69) is 5.32 Å². The van der Waals surface area contributed by atoms with Crippen LogP contribution in [0.25, 0.3) is 0 Å². The quantitative estimate of drug-likeness (QED) is 0.797. The molecular weight excluding hydrogens is 224 g/mol. The normalized spacial score (nSPS) is 10.1. The van der Waals surface area contributed by atoms with Gasteiger partial charge in [-0.15, -0.1) is 11.6 Å². The van der Waals surface area contributed by atoms with Crippen molar-refractivity contribution in [3.63, 3.8) is 0 Å². The summed E-state index contributed by atoms with van der Waals surface area (Å²) in [5, 5.41) is 2.40. The molecular formula is C10H10ClF2NO. The molecule has 2 nitrogen and oxygen atoms in total. The molecule has 1 aromatic rings. The van der Waals surface area contributed by atoms with Crippen LogP contribution >= 0.6 is 11.6 Å². The molecule has 0 aliphatic rings. The molecule has 0 atom stereocenters. The Morgan fingerprint density at radius 1 is 1.40 bits per heavy atom. The molecule has 15 heavy (non-hydrogen) atoms. The number of aryl methyl sites for hydroxylation is 1. The van der Waals surface area contributed by atoms with E-state index in [-0.39, 0.29) is 23.6 Å². The lowest BCUT2D eigenvalue weighted by Crippen LogP contribution is -2.26. The number of rotatable bonds is 3. The zero-order valence-electron chi connectivity index (χ0n) is 8.11. The smallest absolute Gasteiger partial charge is 0.254 e. The van der Waals surface area contributed by atoms with Gasteiger partial charge in [0.1, 0.15) is 11.6 Å². The highest BCUT2D eigenvalue weighted by molar-refractivity contribution is 6.18. The Morgan fingerprint density at radius 2 is 2.07 bits per heavy atom. The SMILES string of the molecule is Cc1cc(C(=O)NCCCl)c(F)cc1F. The van der Waals surface area contributed by atoms with Crippen molar-refractivity contribution in [2.75, 3.05) is 12.4 Å². The predicted octanol–water partition coefficient (Wildman–Crippen LogP) is 2.24. The van der Waals surface area contributed by atoms with E-state index < -0.39 is 17.5 Å². The lowest BCUT2D eigenvalue weighted by molar-refractivity contribution is 0.0952. The monoisotopic (exact) mass is 233 g/mol. The zero-order chi connectivity index (χ0) is 11.4. The van der Waals surface area contributed by atoms with E-state index in [0.29, 0.717) is 6.07 Å². The van der Waals surface area contributed by atoms with Gasteiger partial charge in [-0.1, -0.05) is 0 Å². The van der Waals surface area contributed by atoms with Crippen LogP contribution in [0.2, 0.25) is 0 Å². The number of benzene rings is 1. The molecule has 0 aliphatic carbocycles. The molecule has 1 aromatic carbocycles. The van der Waals surface area contributed by atoms with Gasteiger partial charge in [0, 0.05) is 18.5 Å². The van der Waals surface area contributed by atoms with E-state index in [9.17, 15) is 13.6 Å². The van der Waals surface area contributed by atoms with Gasteiger partial charge in [-0.05, 0) is 18.6 Å². The molecule has 1 amide bonds. The molecule has 0 aliphatic heterocycles. The summed E-state index contributed by atoms with van der Waals surface area (Å²) in [4.78, 5) is 11.4. The zero-order valence-corrected chi connectivity index (χ0v) is 8.87. The Labute approximate surface area is 91.2 Å². The minimum atomic E-state index is -0.870. The highest BCUT2D eigenvalue weighted by Crippen LogP contribution is 2.13. The van der Waals surface area contributed by atoms with Crippen LogP contribution in [-0.4, -0.2) is 18.3 Å². The summed E-state index contributed by atoms with van der Waals surface area (Å²) < 4.78 is 26.1. The Hall–Kier alpha value is -1.16. The number of carbonyl (C=O) groups excluding carboxylic acids is 1. The third-order valence-electron chi connectivity index (χ3n) is 1.87. The lowest BCUT2D eigenvalue weighted by atomic mass is 10.1. The van der Waals surface area contributed by atoms with Gasteiger partial charge in [-0.2, -0.15) is 0 Å². The minimum absolute atomic E-state index is 0.168. The van der Waals surface area contributed by atoms with Crippen molar-refractivity contribution >= 4 is 17.5 Å². The summed E-state index contributed by atoms with van der Waals surface area (Å²) in [5.74, 6) is -1.88. The van der Waals surface area contributed by atoms with E-state index >= 15 is 0 Å². The molecule has 0 saturated carbocycles. The summed E-state index contributed by atoms with van der Waals surface area (Å²) in [5.41, 5.74) is 0.0615. The summed E-state index contributed by atoms with van der Waals surface area (Å²) in [6, 6.07) is 1.87. The van der Waals surface area contributed by atoms with Gasteiger partial charge < -0.3 is 5.32 Å². The van der Waals surface area contributed by atoms with Gasteiger partial charge in [0.05, 0.1) is 5.56 Å². The van der Waals surface area contributed by atoms with Crippen LogP contribution < -0.4 is 5.32 Å². The first-order chi connectivity index (χ1) is 7.06. The average molecular weight is 234 g/mol. The maximum atomic E-state index is 13.2. The van der Waals surface area contributed by atoms with Crippen LogP contribution in [0, 0.1) is 18.6 Å². The molecule has 0 radical (unpaired) electrons. The molecule has 0 aromatic heterocycles. The Balaban J connectivity index is 2.94. The molecule has 1 N–H and O–H groups in total. The van der Waals surface area contributed by atoms with Crippen LogP contribution in [0.3, 0.4) is 0 Å². The van der Waals surface area contributed by atoms with Gasteiger partial charge in [-0.3, -0.25) is 4.79 Å². The van der Waals surface area contributed by atoms with E-state index in [4.69, 9.17) is 11.6 Å². The van der Waals surface area contributed by atoms with Gasteiger partial charge in [0.25, 0.3) is 5.91 Å². The second-order valence-corrected chi connectivity index (χ2v) is 3.40. The van der Waals surface area contributed by atoms with Crippen molar-refractivity contribution in [3.8, 4) is 0 Å². The van der Waals surface area contributed by atoms with Gasteiger partial charge in [0.15, 0.2) is 0 Å². The van der Waals surface area contributed by atoms with Gasteiger partial charge >= 0.3 is 0 Å². The first-order valence-electron chi connectivity index (χ1n) is 4.36. The molecule has 5 heteroatoms. The van der Waals surface area contributed by atoms with E-state index in [1.54, 1.807) is 0 Å². The number of halogens is 3. The fourth-order valence-electron chi connectivity index (χ4n) is 1.09. The van der Waals surface area contributed by atoms with Crippen LogP contribution in [-0.2, 0) is 0 Å². The molecule has 0 heterocycles. The third kappa shape index (κ3) is 2.89. The first-order valence-corrected chi connectivity index (χ1v) is 4.89. The Morgan fingerprint density at radius 3 is 2.67 bits per heavy atom. The highest BCUT2D eigenvalue weighted by atomic mass is 35.5. The van der Waals surface area contributed by atoms with Crippen molar-refractivity contribution in [3.05, 3.63) is 34.9 Å². The number of amides is 1. The predicted molar refractivity (Wildman–Crippen MR) is 54.1 cm³/mol. The van der Waals surface area contributed by atoms with Crippen molar-refractivity contribution in [2.45, 2.75) is 6.92 Å². The summed E-state index contributed by atoms with van der Waals surface area (Å²) >= 11 is 5.36. The maximum Gasteiger partial charge on any atom is 0.254 e. The lowest BCUT2D eigenvalue weighted by Gasteiger charge is -2.05. The number of carbonyl (C=O) groups is 1. The molecule has 82 valence electrons. The molecule has 0 unspecified atom stereocenters. The largest absolute Gasteiger partial charge is 0.351 e. The topological polar surface area (TPSA) is 29.1 Å². The van der Waals surface area contributed by atoms with Crippen molar-refractivity contribution in [2.24, 2.45) is 0 Å². The Kier molecular flexibility index (Phi) is 4.03. The van der Waals surface area contributed by atoms with Crippen LogP contribution in [0.5, 0.6) is 0 Å². The van der Waals surface area contributed by atoms with Crippen LogP contribution in [0.15, 0.2) is 12.1 Å². The molecule has 0 bridgehead atoms. The second-order valence-electron chi connectivity index (χ2n) is 3.03. The fourth-order valence-corrected chi connectivity index (χ4v) is 1.18. The van der Waals surface area contributed by atoms with Gasteiger partial charge in [0.2, 0.25) is 0 Å². The highest BCUT2D eigenvalue weighted by Gasteiger charge is 2.13. The first kappa shape index (κ1) is 11.9. The molecule has 0 spiro atoms. The van der Waals surface area contributed by atoms with Crippen molar-refractivity contribution in [1.29, 1.82) is 0 Å². The van der Waals surface area contributed by atoms with Crippen LogP contribution in [0.4, 0.5) is 8.78 Å². The standard InChI is InChI=1S/C10H10ClF2NO/c1-6-4-7(9(13)5-8(6)12)10(15)14-3-2-11/h4-5H,2-3H2,1H3,(H,14,15). The third-order valence-corrected chi connectivity index (χ3v) is 2.06. The summed E-state index contributed by atoms with van der Waals surface area (Å²) in [7, 11) is 0. The summed E-state index contributed by atoms with van der Waals surface area (Å²) in [6.45, 7) is 1.71. The minimum Gasteiger partial charge on any atom is -0.351 e. The molecule has 0 saturated heterocycles. The van der Waals surface area contributed by atoms with E-state index in [1.807, 2.05) is 0 Å². The second kappa shape index (κ2) is 5.07. The Bertz CT molecular complexity index is 382. The number of alkyl halides is 1. The summed E-state index contributed by atoms with van der Waals surface area (Å²) in [6.07, 6.45) is 0. The van der Waals surface area contributed by atoms with Crippen molar-refractivity contribution < 1.29 is 13.6 Å². The molecule has 1 rings (SSSR count). The van der Waals surface area contributed by atoms with Crippen LogP contribution in [0.1, 0.15) is 15.9 Å². The fraction of sp³-hybridized carbons (Fsp3) is 0.300. The average Bonchev–Trinajstić information content (AvgIpc) is 2.20. The number of nitrogens with one attached hydrogen (secondary N) is 1. The van der Waals surface area contributed by atoms with Crippen molar-refractivity contribution in [1.82, 2.24) is 5.32 Å². The number of hydrogen-bond donors (Lipinski definition) is 1. The number of hydrogen-bond acceptors (Lipinski definition) is 1.